The molecule has 3 N–H and O–H groups in total. The van der Waals surface area contributed by atoms with E-state index >= 15 is 0 Å². The highest BCUT2D eigenvalue weighted by Gasteiger charge is 2.16. The Hall–Kier alpha value is -1.07. The van der Waals surface area contributed by atoms with Gasteiger partial charge in [0.05, 0.1) is 6.54 Å². The second-order valence-corrected chi connectivity index (χ2v) is 6.05. The number of nitrogens with two attached hydrogens (primary N) is 1. The molecule has 0 aliphatic heterocycles. The van der Waals surface area contributed by atoms with E-state index in [1.165, 1.54) is 34.9 Å². The Kier molecular flexibility index (Phi) is 5.43. The van der Waals surface area contributed by atoms with Crippen LogP contribution in [0.2, 0.25) is 0 Å². The third-order valence-corrected chi connectivity index (χ3v) is 4.78. The maximum Gasteiger partial charge on any atom is 0.188 e. The second-order valence-electron chi connectivity index (χ2n) is 5.14. The van der Waals surface area contributed by atoms with Crippen LogP contribution in [0.15, 0.2) is 34.6 Å². The van der Waals surface area contributed by atoms with Gasteiger partial charge in [-0.2, -0.15) is 0 Å². The molecule has 3 nitrogen and oxygen atoms in total. The van der Waals surface area contributed by atoms with Crippen molar-refractivity contribution in [1.29, 1.82) is 0 Å². The quantitative estimate of drug-likeness (QED) is 0.650. The van der Waals surface area contributed by atoms with Crippen molar-refractivity contribution in [3.05, 3.63) is 35.2 Å². The SMILES string of the molecule is Br.NC(=NCc1cccc2ccsc12)NCC1CCC1. The van der Waals surface area contributed by atoms with Crippen LogP contribution < -0.4 is 11.1 Å². The molecule has 1 heterocycles. The van der Waals surface area contributed by atoms with Gasteiger partial charge in [-0.3, -0.25) is 0 Å². The molecular formula is C15H20BrN3S. The van der Waals surface area contributed by atoms with Crippen molar-refractivity contribution in [2.75, 3.05) is 6.54 Å². The van der Waals surface area contributed by atoms with E-state index in [1.54, 1.807) is 11.3 Å². The first-order valence-electron chi connectivity index (χ1n) is 6.82. The Morgan fingerprint density at radius 3 is 2.95 bits per heavy atom. The number of hydrogen-bond donors (Lipinski definition) is 2. The number of nitrogens with zero attached hydrogens (tertiary/aromatic N) is 1. The molecule has 1 fully saturated rings. The van der Waals surface area contributed by atoms with Gasteiger partial charge in [-0.25, -0.2) is 4.99 Å². The summed E-state index contributed by atoms with van der Waals surface area (Å²) in [6.07, 6.45) is 4.02. The monoisotopic (exact) mass is 353 g/mol. The summed E-state index contributed by atoms with van der Waals surface area (Å²) in [5, 5.41) is 6.64. The van der Waals surface area contributed by atoms with Gasteiger partial charge in [0, 0.05) is 11.2 Å². The van der Waals surface area contributed by atoms with Gasteiger partial charge in [-0.1, -0.05) is 24.6 Å². The zero-order valence-electron chi connectivity index (χ0n) is 11.3. The minimum atomic E-state index is 0. The number of benzene rings is 1. The van der Waals surface area contributed by atoms with Gasteiger partial charge in [0.1, 0.15) is 0 Å². The van der Waals surface area contributed by atoms with Gasteiger partial charge < -0.3 is 11.1 Å². The van der Waals surface area contributed by atoms with Gasteiger partial charge in [-0.05, 0) is 41.2 Å². The van der Waals surface area contributed by atoms with Crippen LogP contribution in [0.3, 0.4) is 0 Å². The van der Waals surface area contributed by atoms with Crippen LogP contribution in [-0.2, 0) is 6.54 Å². The Bertz CT molecular complexity index is 590. The van der Waals surface area contributed by atoms with Gasteiger partial charge in [0.15, 0.2) is 5.96 Å². The highest BCUT2D eigenvalue weighted by atomic mass is 79.9. The van der Waals surface area contributed by atoms with Crippen molar-refractivity contribution in [3.8, 4) is 0 Å². The van der Waals surface area contributed by atoms with Crippen LogP contribution in [0.25, 0.3) is 10.1 Å². The predicted octanol–water partition coefficient (Wildman–Crippen LogP) is 3.68. The first kappa shape index (κ1) is 15.3. The van der Waals surface area contributed by atoms with E-state index in [2.05, 4.69) is 40.0 Å². The Morgan fingerprint density at radius 2 is 2.20 bits per heavy atom. The smallest absolute Gasteiger partial charge is 0.188 e. The molecule has 0 radical (unpaired) electrons. The van der Waals surface area contributed by atoms with Gasteiger partial charge in [0.25, 0.3) is 0 Å². The van der Waals surface area contributed by atoms with Crippen LogP contribution in [0.5, 0.6) is 0 Å². The molecule has 2 aromatic rings. The van der Waals surface area contributed by atoms with Crippen LogP contribution in [0, 0.1) is 5.92 Å². The summed E-state index contributed by atoms with van der Waals surface area (Å²) in [4.78, 5) is 4.44. The number of thiophene rings is 1. The standard InChI is InChI=1S/C15H19N3S.BrH/c16-15(17-9-11-3-1-4-11)18-10-13-6-2-5-12-7-8-19-14(12)13;/h2,5-8,11H,1,3-4,9-10H2,(H3,16,17,18);1H. The predicted molar refractivity (Wildman–Crippen MR) is 92.8 cm³/mol. The zero-order valence-corrected chi connectivity index (χ0v) is 13.9. The maximum absolute atomic E-state index is 5.91. The summed E-state index contributed by atoms with van der Waals surface area (Å²) in [5.41, 5.74) is 7.16. The lowest BCUT2D eigenvalue weighted by molar-refractivity contribution is 0.315. The Balaban J connectivity index is 0.00000147. The number of nitrogens with one attached hydrogen (secondary N) is 1. The van der Waals surface area contributed by atoms with Crippen molar-refractivity contribution in [1.82, 2.24) is 5.32 Å². The lowest BCUT2D eigenvalue weighted by Crippen LogP contribution is -2.37. The van der Waals surface area contributed by atoms with Crippen molar-refractivity contribution < 1.29 is 0 Å². The van der Waals surface area contributed by atoms with Crippen LogP contribution in [0.4, 0.5) is 0 Å². The summed E-state index contributed by atoms with van der Waals surface area (Å²) in [7, 11) is 0. The van der Waals surface area contributed by atoms with Gasteiger partial charge in [-0.15, -0.1) is 28.3 Å². The van der Waals surface area contributed by atoms with Crippen molar-refractivity contribution in [3.63, 3.8) is 0 Å². The molecule has 1 aromatic heterocycles. The molecule has 1 aliphatic carbocycles. The van der Waals surface area contributed by atoms with Gasteiger partial charge in [0.2, 0.25) is 0 Å². The molecule has 20 heavy (non-hydrogen) atoms. The minimum absolute atomic E-state index is 0. The van der Waals surface area contributed by atoms with E-state index < -0.39 is 0 Å². The summed E-state index contributed by atoms with van der Waals surface area (Å²) in [5.74, 6) is 1.37. The molecular weight excluding hydrogens is 334 g/mol. The molecule has 108 valence electrons. The molecule has 5 heteroatoms. The van der Waals surface area contributed by atoms with Crippen molar-refractivity contribution in [2.45, 2.75) is 25.8 Å². The van der Waals surface area contributed by atoms with E-state index in [0.717, 1.165) is 12.5 Å². The Morgan fingerprint density at radius 1 is 1.35 bits per heavy atom. The third-order valence-electron chi connectivity index (χ3n) is 3.78. The van der Waals surface area contributed by atoms with E-state index in [4.69, 9.17) is 5.73 Å². The van der Waals surface area contributed by atoms with Crippen molar-refractivity contribution in [2.24, 2.45) is 16.6 Å². The van der Waals surface area contributed by atoms with Crippen LogP contribution >= 0.6 is 28.3 Å². The summed E-state index contributed by atoms with van der Waals surface area (Å²) in [6.45, 7) is 1.62. The summed E-state index contributed by atoms with van der Waals surface area (Å²) >= 11 is 1.77. The minimum Gasteiger partial charge on any atom is -0.370 e. The molecule has 0 amide bonds. The molecule has 1 aliphatic rings. The number of rotatable bonds is 4. The first-order chi connectivity index (χ1) is 9.33. The number of halogens is 1. The van der Waals surface area contributed by atoms with E-state index in [-0.39, 0.29) is 17.0 Å². The molecule has 0 unspecified atom stereocenters. The first-order valence-corrected chi connectivity index (χ1v) is 7.70. The normalized spacial score (nSPS) is 15.7. The zero-order chi connectivity index (χ0) is 13.1. The average molecular weight is 354 g/mol. The molecule has 0 spiro atoms. The fourth-order valence-corrected chi connectivity index (χ4v) is 3.26. The Labute approximate surface area is 134 Å². The van der Waals surface area contributed by atoms with Crippen LogP contribution in [0.1, 0.15) is 24.8 Å². The number of hydrogen-bond acceptors (Lipinski definition) is 2. The van der Waals surface area contributed by atoms with Gasteiger partial charge >= 0.3 is 0 Å². The summed E-state index contributed by atoms with van der Waals surface area (Å²) in [6, 6.07) is 8.49. The van der Waals surface area contributed by atoms with Crippen molar-refractivity contribution >= 4 is 44.4 Å². The van der Waals surface area contributed by atoms with E-state index in [9.17, 15) is 0 Å². The number of fused-ring (bicyclic) bond motifs is 1. The van der Waals surface area contributed by atoms with Crippen LogP contribution in [-0.4, -0.2) is 12.5 Å². The topological polar surface area (TPSA) is 50.4 Å². The molecule has 0 atom stereocenters. The molecule has 0 bridgehead atoms. The number of guanidine groups is 1. The third kappa shape index (κ3) is 3.52. The lowest BCUT2D eigenvalue weighted by atomic mass is 9.85. The molecule has 1 saturated carbocycles. The second kappa shape index (κ2) is 7.09. The highest BCUT2D eigenvalue weighted by molar-refractivity contribution is 8.93. The molecule has 1 aromatic carbocycles. The maximum atomic E-state index is 5.91. The summed E-state index contributed by atoms with van der Waals surface area (Å²) < 4.78 is 1.32. The van der Waals surface area contributed by atoms with E-state index in [0.29, 0.717) is 12.5 Å². The average Bonchev–Trinajstić information content (AvgIpc) is 2.83. The molecule has 3 rings (SSSR count). The lowest BCUT2D eigenvalue weighted by Gasteiger charge is -2.25. The van der Waals surface area contributed by atoms with E-state index in [1.807, 2.05) is 0 Å². The fourth-order valence-electron chi connectivity index (χ4n) is 2.35. The highest BCUT2D eigenvalue weighted by Crippen LogP contribution is 2.26. The largest absolute Gasteiger partial charge is 0.370 e. The number of aliphatic imine (C=N–C) groups is 1. The molecule has 0 saturated heterocycles. The fraction of sp³-hybridized carbons (Fsp3) is 0.400.